The molecule has 0 aliphatic heterocycles. The summed E-state index contributed by atoms with van der Waals surface area (Å²) in [6.45, 7) is 0. The zero-order valence-corrected chi connectivity index (χ0v) is 6.09. The average Bonchev–Trinajstić information content (AvgIpc) is 1.80. The maximum absolute atomic E-state index is 8.88. The second-order valence-corrected chi connectivity index (χ2v) is 2.41. The summed E-state index contributed by atoms with van der Waals surface area (Å²) in [5, 5.41) is 8.88. The Morgan fingerprint density at radius 3 is 2.78 bits per heavy atom. The quantitative estimate of drug-likeness (QED) is 0.643. The van der Waals surface area contributed by atoms with Crippen molar-refractivity contribution in [3.8, 4) is 5.75 Å². The number of halogens is 1. The van der Waals surface area contributed by atoms with E-state index in [1.807, 2.05) is 0 Å². The van der Waals surface area contributed by atoms with E-state index in [2.05, 4.69) is 20.9 Å². The third-order valence-electron chi connectivity index (χ3n) is 0.855. The van der Waals surface area contributed by atoms with Crippen molar-refractivity contribution in [1.29, 1.82) is 0 Å². The van der Waals surface area contributed by atoms with Crippen LogP contribution in [0.1, 0.15) is 0 Å². The zero-order valence-electron chi connectivity index (χ0n) is 4.50. The molecule has 0 aliphatic rings. The van der Waals surface area contributed by atoms with E-state index in [4.69, 9.17) is 10.8 Å². The molecule has 9 heavy (non-hydrogen) atoms. The lowest BCUT2D eigenvalue weighted by Gasteiger charge is -1.94. The Kier molecular flexibility index (Phi) is 1.57. The summed E-state index contributed by atoms with van der Waals surface area (Å²) in [7, 11) is 0. The van der Waals surface area contributed by atoms with Crippen LogP contribution in [0, 0.1) is 0 Å². The first kappa shape index (κ1) is 6.35. The summed E-state index contributed by atoms with van der Waals surface area (Å²) in [5.41, 5.74) is 5.28. The van der Waals surface area contributed by atoms with E-state index >= 15 is 0 Å². The Morgan fingerprint density at radius 1 is 1.67 bits per heavy atom. The zero-order chi connectivity index (χ0) is 6.85. The number of rotatable bonds is 0. The van der Waals surface area contributed by atoms with Gasteiger partial charge in [-0.2, -0.15) is 0 Å². The first-order valence-electron chi connectivity index (χ1n) is 2.30. The number of hydrogen-bond donors (Lipinski definition) is 2. The molecule has 3 N–H and O–H groups in total. The van der Waals surface area contributed by atoms with Gasteiger partial charge in [0, 0.05) is 0 Å². The molecular weight excluding hydrogens is 184 g/mol. The molecule has 1 rings (SSSR count). The van der Waals surface area contributed by atoms with Crippen LogP contribution in [0.2, 0.25) is 0 Å². The van der Waals surface area contributed by atoms with Gasteiger partial charge in [-0.3, -0.25) is 0 Å². The lowest BCUT2D eigenvalue weighted by molar-refractivity contribution is 0.469. The van der Waals surface area contributed by atoms with Crippen molar-refractivity contribution < 1.29 is 5.11 Å². The van der Waals surface area contributed by atoms with Crippen molar-refractivity contribution in [3.63, 3.8) is 0 Å². The molecule has 4 heteroatoms. The molecule has 0 fully saturated rings. The normalized spacial score (nSPS) is 9.44. The molecule has 0 saturated heterocycles. The Hall–Kier alpha value is -0.770. The van der Waals surface area contributed by atoms with Gasteiger partial charge in [0.1, 0.15) is 11.6 Å². The first-order valence-corrected chi connectivity index (χ1v) is 3.09. The van der Waals surface area contributed by atoms with Crippen molar-refractivity contribution in [2.75, 3.05) is 5.73 Å². The molecule has 0 aliphatic carbocycles. The van der Waals surface area contributed by atoms with Crippen LogP contribution in [-0.2, 0) is 0 Å². The topological polar surface area (TPSA) is 59.1 Å². The van der Waals surface area contributed by atoms with Crippen LogP contribution >= 0.6 is 15.9 Å². The summed E-state index contributed by atoms with van der Waals surface area (Å²) in [6.07, 6.45) is 1.29. The van der Waals surface area contributed by atoms with E-state index in [9.17, 15) is 0 Å². The Labute approximate surface area is 60.7 Å². The maximum atomic E-state index is 8.88. The number of nitrogen functional groups attached to an aromatic ring is 1. The van der Waals surface area contributed by atoms with E-state index in [-0.39, 0.29) is 5.75 Å². The van der Waals surface area contributed by atoms with Crippen molar-refractivity contribution in [1.82, 2.24) is 4.98 Å². The lowest BCUT2D eigenvalue weighted by Crippen LogP contribution is -1.87. The van der Waals surface area contributed by atoms with Gasteiger partial charge >= 0.3 is 0 Å². The van der Waals surface area contributed by atoms with E-state index in [1.54, 1.807) is 0 Å². The Bertz CT molecular complexity index is 226. The third kappa shape index (κ3) is 1.32. The Balaban J connectivity index is 3.17. The van der Waals surface area contributed by atoms with Crippen LogP contribution in [-0.4, -0.2) is 10.1 Å². The van der Waals surface area contributed by atoms with Crippen molar-refractivity contribution in [2.24, 2.45) is 0 Å². The van der Waals surface area contributed by atoms with Gasteiger partial charge in [-0.15, -0.1) is 0 Å². The SMILES string of the molecule is Nc1cc(Br)c(O)cn1. The third-order valence-corrected chi connectivity index (χ3v) is 1.49. The van der Waals surface area contributed by atoms with E-state index in [0.717, 1.165) is 0 Å². The van der Waals surface area contributed by atoms with E-state index in [0.29, 0.717) is 10.3 Å². The number of anilines is 1. The standard InChI is InChI=1S/C5H5BrN2O/c6-3-1-5(7)8-2-4(3)9/h1-2,9H,(H2,7,8). The van der Waals surface area contributed by atoms with Crippen LogP contribution < -0.4 is 5.73 Å². The number of pyridine rings is 1. The van der Waals surface area contributed by atoms with Crippen molar-refractivity contribution >= 4 is 21.7 Å². The van der Waals surface area contributed by atoms with Crippen molar-refractivity contribution in [2.45, 2.75) is 0 Å². The molecule has 0 saturated carbocycles. The minimum atomic E-state index is 0.101. The highest BCUT2D eigenvalue weighted by Crippen LogP contribution is 2.22. The first-order chi connectivity index (χ1) is 4.20. The van der Waals surface area contributed by atoms with E-state index in [1.165, 1.54) is 12.3 Å². The predicted octanol–water partition coefficient (Wildman–Crippen LogP) is 1.13. The van der Waals surface area contributed by atoms with E-state index < -0.39 is 0 Å². The number of nitrogens with two attached hydrogens (primary N) is 1. The fraction of sp³-hybridized carbons (Fsp3) is 0. The second kappa shape index (κ2) is 2.23. The molecule has 0 aromatic carbocycles. The van der Waals surface area contributed by atoms with Crippen LogP contribution in [0.3, 0.4) is 0 Å². The smallest absolute Gasteiger partial charge is 0.148 e. The van der Waals surface area contributed by atoms with Crippen LogP contribution in [0.15, 0.2) is 16.7 Å². The highest BCUT2D eigenvalue weighted by Gasteiger charge is 1.95. The molecule has 48 valence electrons. The van der Waals surface area contributed by atoms with Crippen LogP contribution in [0.25, 0.3) is 0 Å². The molecule has 0 spiro atoms. The summed E-state index contributed by atoms with van der Waals surface area (Å²) in [5.74, 6) is 0.490. The molecular formula is C5H5BrN2O. The Morgan fingerprint density at radius 2 is 2.33 bits per heavy atom. The summed E-state index contributed by atoms with van der Waals surface area (Å²) in [6, 6.07) is 1.54. The maximum Gasteiger partial charge on any atom is 0.148 e. The highest BCUT2D eigenvalue weighted by molar-refractivity contribution is 9.10. The van der Waals surface area contributed by atoms with Gasteiger partial charge in [-0.05, 0) is 22.0 Å². The summed E-state index contributed by atoms with van der Waals surface area (Å²) in [4.78, 5) is 3.64. The molecule has 0 radical (unpaired) electrons. The van der Waals surface area contributed by atoms with Gasteiger partial charge in [0.05, 0.1) is 10.7 Å². The summed E-state index contributed by atoms with van der Waals surface area (Å²) >= 11 is 3.08. The fourth-order valence-corrected chi connectivity index (χ4v) is 0.775. The molecule has 0 amide bonds. The van der Waals surface area contributed by atoms with Crippen LogP contribution in [0.4, 0.5) is 5.82 Å². The number of aromatic nitrogens is 1. The fourth-order valence-electron chi connectivity index (χ4n) is 0.438. The number of aromatic hydroxyl groups is 1. The minimum Gasteiger partial charge on any atom is -0.505 e. The largest absolute Gasteiger partial charge is 0.505 e. The molecule has 1 aromatic rings. The lowest BCUT2D eigenvalue weighted by atomic mass is 10.4. The molecule has 0 unspecified atom stereocenters. The van der Waals surface area contributed by atoms with Crippen LogP contribution in [0.5, 0.6) is 5.75 Å². The number of nitrogens with zero attached hydrogens (tertiary/aromatic N) is 1. The molecule has 0 atom stereocenters. The molecule has 1 aromatic heterocycles. The highest BCUT2D eigenvalue weighted by atomic mass is 79.9. The summed E-state index contributed by atoms with van der Waals surface area (Å²) < 4.78 is 0.565. The van der Waals surface area contributed by atoms with Gasteiger partial charge in [0.2, 0.25) is 0 Å². The van der Waals surface area contributed by atoms with Gasteiger partial charge < -0.3 is 10.8 Å². The average molecular weight is 189 g/mol. The van der Waals surface area contributed by atoms with Gasteiger partial charge in [-0.25, -0.2) is 4.98 Å². The minimum absolute atomic E-state index is 0.101. The van der Waals surface area contributed by atoms with Gasteiger partial charge in [0.25, 0.3) is 0 Å². The second-order valence-electron chi connectivity index (χ2n) is 1.56. The molecule has 0 bridgehead atoms. The van der Waals surface area contributed by atoms with Gasteiger partial charge in [-0.1, -0.05) is 0 Å². The molecule has 3 nitrogen and oxygen atoms in total. The van der Waals surface area contributed by atoms with Gasteiger partial charge in [0.15, 0.2) is 0 Å². The number of hydrogen-bond acceptors (Lipinski definition) is 3. The van der Waals surface area contributed by atoms with Crippen molar-refractivity contribution in [3.05, 3.63) is 16.7 Å². The predicted molar refractivity (Wildman–Crippen MR) is 38.0 cm³/mol. The monoisotopic (exact) mass is 188 g/mol. The molecule has 1 heterocycles.